The van der Waals surface area contributed by atoms with Gasteiger partial charge in [-0.15, -0.1) is 10.2 Å². The van der Waals surface area contributed by atoms with Gasteiger partial charge >= 0.3 is 12.4 Å². The predicted octanol–water partition coefficient (Wildman–Crippen LogP) is 5.50. The maximum atomic E-state index is 14.1. The normalized spacial score (nSPS) is 17.8. The van der Waals surface area contributed by atoms with Crippen LogP contribution in [0.25, 0.3) is 0 Å². The van der Waals surface area contributed by atoms with Crippen LogP contribution in [0.15, 0.2) is 48.5 Å². The second-order valence-electron chi connectivity index (χ2n) is 8.42. The number of alkyl halides is 6. The minimum Gasteiger partial charge on any atom is -0.382 e. The smallest absolute Gasteiger partial charge is 0.382 e. The first kappa shape index (κ1) is 25.9. The molecule has 0 spiro atoms. The van der Waals surface area contributed by atoms with Crippen molar-refractivity contribution >= 4 is 17.4 Å². The number of aromatic nitrogens is 2. The monoisotopic (exact) mass is 522 g/mol. The summed E-state index contributed by atoms with van der Waals surface area (Å²) in [6.45, 7) is 0. The number of aryl methyl sites for hydroxylation is 1. The second kappa shape index (κ2) is 9.38. The lowest BCUT2D eigenvalue weighted by Crippen LogP contribution is -2.41. The van der Waals surface area contributed by atoms with Crippen molar-refractivity contribution in [3.8, 4) is 11.8 Å². The summed E-state index contributed by atoms with van der Waals surface area (Å²) in [5.41, 5.74) is 0.281. The Morgan fingerprint density at radius 3 is 2.38 bits per heavy atom. The highest BCUT2D eigenvalue weighted by Gasteiger charge is 2.48. The predicted molar refractivity (Wildman–Crippen MR) is 119 cm³/mol. The molecule has 1 aliphatic heterocycles. The Hall–Kier alpha value is -4.14. The summed E-state index contributed by atoms with van der Waals surface area (Å²) >= 11 is 0. The summed E-state index contributed by atoms with van der Waals surface area (Å²) in [5, 5.41) is 9.87. The number of amides is 1. The molecule has 1 atom stereocenters. The first-order valence-corrected chi connectivity index (χ1v) is 10.8. The fourth-order valence-electron chi connectivity index (χ4n) is 4.18. The van der Waals surface area contributed by atoms with Gasteiger partial charge in [-0.1, -0.05) is 12.0 Å². The van der Waals surface area contributed by atoms with Gasteiger partial charge in [0.25, 0.3) is 0 Å². The van der Waals surface area contributed by atoms with E-state index in [2.05, 4.69) is 27.4 Å². The molecular weight excluding hydrogens is 505 g/mol. The lowest BCUT2D eigenvalue weighted by molar-refractivity contribution is -0.144. The van der Waals surface area contributed by atoms with E-state index < -0.39 is 52.6 Å². The van der Waals surface area contributed by atoms with Crippen molar-refractivity contribution in [1.29, 1.82) is 0 Å². The van der Waals surface area contributed by atoms with Crippen molar-refractivity contribution in [1.82, 2.24) is 10.2 Å². The Morgan fingerprint density at radius 2 is 1.73 bits per heavy atom. The Labute approximate surface area is 205 Å². The average Bonchev–Trinajstić information content (AvgIpc) is 2.95. The zero-order valence-corrected chi connectivity index (χ0v) is 18.8. The molecule has 3 aromatic rings. The molecule has 192 valence electrons. The lowest BCUT2D eigenvalue weighted by Gasteiger charge is -2.32. The molecule has 1 unspecified atom stereocenters. The van der Waals surface area contributed by atoms with E-state index in [1.54, 1.807) is 0 Å². The number of anilines is 2. The summed E-state index contributed by atoms with van der Waals surface area (Å²) in [6.07, 6.45) is -11.1. The van der Waals surface area contributed by atoms with E-state index in [1.807, 2.05) is 0 Å². The quantitative estimate of drug-likeness (QED) is 0.344. The van der Waals surface area contributed by atoms with Crippen LogP contribution in [0.3, 0.4) is 0 Å². The molecule has 1 aromatic heterocycles. The van der Waals surface area contributed by atoms with E-state index in [0.717, 1.165) is 12.1 Å². The van der Waals surface area contributed by atoms with Crippen molar-refractivity contribution in [2.45, 2.75) is 37.0 Å². The average molecular weight is 522 g/mol. The first-order valence-electron chi connectivity index (χ1n) is 10.8. The zero-order valence-electron chi connectivity index (χ0n) is 18.8. The van der Waals surface area contributed by atoms with Gasteiger partial charge in [0.05, 0.1) is 16.5 Å². The number of nitrogens with one attached hydrogen (secondary N) is 1. The van der Waals surface area contributed by atoms with Crippen molar-refractivity contribution in [2.75, 3.05) is 11.1 Å². The number of hydrogen-bond donors (Lipinski definition) is 2. The first-order chi connectivity index (χ1) is 17.3. The summed E-state index contributed by atoms with van der Waals surface area (Å²) in [5.74, 6) is 3.80. The molecule has 0 radical (unpaired) electrons. The molecule has 2 aromatic carbocycles. The molecule has 3 N–H and O–H groups in total. The molecule has 1 aliphatic rings. The second-order valence-corrected chi connectivity index (χ2v) is 8.42. The number of nitrogen functional groups attached to an aromatic ring is 1. The number of carbonyl (C=O) groups is 1. The van der Waals surface area contributed by atoms with E-state index in [-0.39, 0.29) is 36.1 Å². The highest BCUT2D eigenvalue weighted by atomic mass is 19.4. The number of halogens is 7. The van der Waals surface area contributed by atoms with Crippen molar-refractivity contribution in [3.05, 3.63) is 82.3 Å². The van der Waals surface area contributed by atoms with E-state index in [4.69, 9.17) is 5.73 Å². The molecule has 5 nitrogen and oxygen atoms in total. The Kier molecular flexibility index (Phi) is 6.58. The molecule has 0 saturated heterocycles. The van der Waals surface area contributed by atoms with Crippen LogP contribution < -0.4 is 11.1 Å². The van der Waals surface area contributed by atoms with Gasteiger partial charge < -0.3 is 11.1 Å². The molecular formula is C25H17F7N4O. The highest BCUT2D eigenvalue weighted by molar-refractivity contribution is 6.01. The van der Waals surface area contributed by atoms with Crippen molar-refractivity contribution in [2.24, 2.45) is 0 Å². The SMILES string of the molecule is Nc1ccc(C#CCC2(c3ccc(C(F)(F)F)cc3C(F)(F)F)CCc3cc(F)ccc3NC2=O)nn1. The summed E-state index contributed by atoms with van der Waals surface area (Å²) in [6, 6.07) is 7.43. The van der Waals surface area contributed by atoms with Crippen molar-refractivity contribution < 1.29 is 35.5 Å². The molecule has 12 heteroatoms. The van der Waals surface area contributed by atoms with Crippen LogP contribution in [0.5, 0.6) is 0 Å². The van der Waals surface area contributed by atoms with Crippen LogP contribution in [-0.4, -0.2) is 16.1 Å². The van der Waals surface area contributed by atoms with Crippen LogP contribution in [0.4, 0.5) is 42.2 Å². The standard InChI is InChI=1S/C25H17F7N4O/c26-16-4-7-20-14(12-16)9-11-23(22(37)34-20,10-1-2-17-5-8-21(33)36-35-17)18-6-3-15(24(27,28)29)13-19(18)25(30,31)32/h3-8,12-13H,9-11H2,(H2,33,36)(H,34,37). The van der Waals surface area contributed by atoms with Crippen LogP contribution >= 0.6 is 0 Å². The van der Waals surface area contributed by atoms with Gasteiger partial charge in [0.2, 0.25) is 5.91 Å². The van der Waals surface area contributed by atoms with E-state index >= 15 is 0 Å². The number of benzene rings is 2. The molecule has 2 heterocycles. The third-order valence-electron chi connectivity index (χ3n) is 6.03. The number of nitrogens with zero attached hydrogens (tertiary/aromatic N) is 2. The van der Waals surface area contributed by atoms with Gasteiger partial charge in [0.15, 0.2) is 0 Å². The molecule has 4 rings (SSSR count). The summed E-state index contributed by atoms with van der Waals surface area (Å²) < 4.78 is 95.9. The lowest BCUT2D eigenvalue weighted by atomic mass is 9.71. The maximum absolute atomic E-state index is 14.1. The number of nitrogens with two attached hydrogens (primary N) is 1. The third-order valence-corrected chi connectivity index (χ3v) is 6.03. The zero-order chi connectivity index (χ0) is 27.0. The number of carbonyl (C=O) groups excluding carboxylic acids is 1. The molecule has 0 bridgehead atoms. The molecule has 37 heavy (non-hydrogen) atoms. The van der Waals surface area contributed by atoms with Gasteiger partial charge in [-0.3, -0.25) is 4.79 Å². The van der Waals surface area contributed by atoms with E-state index in [9.17, 15) is 35.5 Å². The fraction of sp³-hybridized carbons (Fsp3) is 0.240. The van der Waals surface area contributed by atoms with Gasteiger partial charge in [0, 0.05) is 12.1 Å². The highest BCUT2D eigenvalue weighted by Crippen LogP contribution is 2.46. The number of fused-ring (bicyclic) bond motifs is 1. The molecule has 0 saturated carbocycles. The van der Waals surface area contributed by atoms with E-state index in [1.165, 1.54) is 18.2 Å². The minimum absolute atomic E-state index is 0.0130. The third kappa shape index (κ3) is 5.35. The van der Waals surface area contributed by atoms with Crippen LogP contribution in [-0.2, 0) is 29.0 Å². The topological polar surface area (TPSA) is 80.9 Å². The number of rotatable bonds is 2. The van der Waals surface area contributed by atoms with Crippen LogP contribution in [0.2, 0.25) is 0 Å². The Balaban J connectivity index is 1.88. The largest absolute Gasteiger partial charge is 0.416 e. The number of hydrogen-bond acceptors (Lipinski definition) is 4. The Morgan fingerprint density at radius 1 is 0.973 bits per heavy atom. The molecule has 0 aliphatic carbocycles. The Bertz CT molecular complexity index is 1410. The van der Waals surface area contributed by atoms with Crippen molar-refractivity contribution in [3.63, 3.8) is 0 Å². The van der Waals surface area contributed by atoms with Gasteiger partial charge in [-0.2, -0.15) is 26.3 Å². The molecule has 1 amide bonds. The van der Waals surface area contributed by atoms with E-state index in [0.29, 0.717) is 17.7 Å². The maximum Gasteiger partial charge on any atom is 0.416 e. The minimum atomic E-state index is -5.22. The van der Waals surface area contributed by atoms with Gasteiger partial charge in [-0.05, 0) is 72.4 Å². The van der Waals surface area contributed by atoms with Gasteiger partial charge in [0.1, 0.15) is 17.3 Å². The summed E-state index contributed by atoms with van der Waals surface area (Å²) in [7, 11) is 0. The molecule has 0 fully saturated rings. The van der Waals surface area contributed by atoms with Crippen LogP contribution in [0, 0.1) is 17.7 Å². The summed E-state index contributed by atoms with van der Waals surface area (Å²) in [4.78, 5) is 13.5. The fourth-order valence-corrected chi connectivity index (χ4v) is 4.18. The van der Waals surface area contributed by atoms with Gasteiger partial charge in [-0.25, -0.2) is 4.39 Å². The van der Waals surface area contributed by atoms with Crippen LogP contribution in [0.1, 0.15) is 40.8 Å².